The molecule has 2 aromatic heterocycles. The second-order valence-corrected chi connectivity index (χ2v) is 6.11. The van der Waals surface area contributed by atoms with Crippen molar-refractivity contribution >= 4 is 28.4 Å². The smallest absolute Gasteiger partial charge is 0.313 e. The maximum Gasteiger partial charge on any atom is 0.313 e. The molecular weight excluding hydrogens is 318 g/mol. The number of fused-ring (bicyclic) bond motifs is 1. The number of nitrogens with one attached hydrogen (secondary N) is 3. The first-order valence-corrected chi connectivity index (χ1v) is 7.83. The maximum absolute atomic E-state index is 13.3. The van der Waals surface area contributed by atoms with Crippen LogP contribution in [0.1, 0.15) is 25.7 Å². The van der Waals surface area contributed by atoms with Crippen molar-refractivity contribution in [3.8, 4) is 0 Å². The molecule has 1 aliphatic carbocycles. The molecule has 8 heteroatoms. The second-order valence-electron chi connectivity index (χ2n) is 6.11. The second kappa shape index (κ2) is 6.54. The van der Waals surface area contributed by atoms with Crippen LogP contribution in [0.3, 0.4) is 0 Å². The lowest BCUT2D eigenvalue weighted by Gasteiger charge is -2.28. The number of amides is 2. The Kier molecular flexibility index (Phi) is 4.46. The third kappa shape index (κ3) is 3.69. The number of anilines is 1. The van der Waals surface area contributed by atoms with Crippen molar-refractivity contribution in [1.29, 1.82) is 0 Å². The van der Waals surface area contributed by atoms with Crippen LogP contribution in [0.5, 0.6) is 0 Å². The number of halogens is 2. The van der Waals surface area contributed by atoms with Gasteiger partial charge in [0.05, 0.1) is 11.2 Å². The fraction of sp³-hybridized carbons (Fsp3) is 0.438. The van der Waals surface area contributed by atoms with Gasteiger partial charge in [-0.1, -0.05) is 0 Å². The summed E-state index contributed by atoms with van der Waals surface area (Å²) >= 11 is 0. The van der Waals surface area contributed by atoms with E-state index < -0.39 is 17.7 Å². The van der Waals surface area contributed by atoms with E-state index in [0.717, 1.165) is 5.52 Å². The van der Waals surface area contributed by atoms with E-state index in [1.807, 2.05) is 0 Å². The number of hydrogen-bond donors (Lipinski definition) is 3. The summed E-state index contributed by atoms with van der Waals surface area (Å²) < 4.78 is 26.7. The summed E-state index contributed by atoms with van der Waals surface area (Å²) in [5, 5.41) is 5.62. The molecular formula is C16H18F2N4O2. The average molecular weight is 336 g/mol. The molecule has 128 valence electrons. The molecule has 0 radical (unpaired) electrons. The Morgan fingerprint density at radius 2 is 2.21 bits per heavy atom. The molecule has 0 saturated heterocycles. The van der Waals surface area contributed by atoms with Gasteiger partial charge in [0, 0.05) is 43.4 Å². The number of H-pyrrole nitrogens is 1. The summed E-state index contributed by atoms with van der Waals surface area (Å²) in [6, 6.07) is 1.74. The van der Waals surface area contributed by atoms with Crippen LogP contribution in [0.25, 0.3) is 10.9 Å². The normalized spacial score (nSPS) is 19.8. The standard InChI is InChI=1S/C16H18F2N4O2/c17-16(18)4-1-2-10(6-16)7-21-14(23)15(24)22-13-9-20-12-3-5-19-8-11(12)13/h3,5,8-10,20H,1-2,4,6-7H2,(H,21,23)(H,22,24). The Morgan fingerprint density at radius 3 is 3.00 bits per heavy atom. The Morgan fingerprint density at radius 1 is 1.38 bits per heavy atom. The van der Waals surface area contributed by atoms with Crippen LogP contribution >= 0.6 is 0 Å². The monoisotopic (exact) mass is 336 g/mol. The van der Waals surface area contributed by atoms with E-state index in [1.165, 1.54) is 0 Å². The summed E-state index contributed by atoms with van der Waals surface area (Å²) in [7, 11) is 0. The van der Waals surface area contributed by atoms with E-state index in [1.54, 1.807) is 24.7 Å². The first kappa shape index (κ1) is 16.4. The third-order valence-electron chi connectivity index (χ3n) is 4.23. The van der Waals surface area contributed by atoms with Crippen molar-refractivity contribution in [3.63, 3.8) is 0 Å². The van der Waals surface area contributed by atoms with Gasteiger partial charge in [0.1, 0.15) is 0 Å². The predicted octanol–water partition coefficient (Wildman–Crippen LogP) is 2.44. The van der Waals surface area contributed by atoms with Gasteiger partial charge < -0.3 is 15.6 Å². The number of pyridine rings is 1. The minimum atomic E-state index is -2.67. The lowest BCUT2D eigenvalue weighted by atomic mass is 9.86. The van der Waals surface area contributed by atoms with Crippen molar-refractivity contribution in [2.45, 2.75) is 31.6 Å². The Labute approximate surface area is 137 Å². The molecule has 6 nitrogen and oxygen atoms in total. The number of carbonyl (C=O) groups excluding carboxylic acids is 2. The van der Waals surface area contributed by atoms with Gasteiger partial charge in [-0.05, 0) is 24.8 Å². The molecule has 1 unspecified atom stereocenters. The topological polar surface area (TPSA) is 86.9 Å². The highest BCUT2D eigenvalue weighted by molar-refractivity contribution is 6.40. The van der Waals surface area contributed by atoms with Crippen molar-refractivity contribution in [2.24, 2.45) is 5.92 Å². The summed E-state index contributed by atoms with van der Waals surface area (Å²) in [6.07, 6.45) is 5.46. The van der Waals surface area contributed by atoms with Crippen LogP contribution in [0.4, 0.5) is 14.5 Å². The van der Waals surface area contributed by atoms with Crippen LogP contribution < -0.4 is 10.6 Å². The van der Waals surface area contributed by atoms with Gasteiger partial charge in [0.15, 0.2) is 0 Å². The van der Waals surface area contributed by atoms with Crippen molar-refractivity contribution in [1.82, 2.24) is 15.3 Å². The fourth-order valence-electron chi connectivity index (χ4n) is 3.01. The lowest BCUT2D eigenvalue weighted by molar-refractivity contribution is -0.136. The van der Waals surface area contributed by atoms with Crippen LogP contribution in [-0.2, 0) is 9.59 Å². The first-order valence-electron chi connectivity index (χ1n) is 7.83. The summed E-state index contributed by atoms with van der Waals surface area (Å²) in [5.41, 5.74) is 1.23. The van der Waals surface area contributed by atoms with E-state index >= 15 is 0 Å². The highest BCUT2D eigenvalue weighted by Crippen LogP contribution is 2.36. The summed E-state index contributed by atoms with van der Waals surface area (Å²) in [4.78, 5) is 30.7. The van der Waals surface area contributed by atoms with Crippen molar-refractivity contribution < 1.29 is 18.4 Å². The number of carbonyl (C=O) groups is 2. The summed E-state index contributed by atoms with van der Waals surface area (Å²) in [6.45, 7) is 0.0806. The van der Waals surface area contributed by atoms with E-state index in [9.17, 15) is 18.4 Å². The zero-order valence-corrected chi connectivity index (χ0v) is 12.9. The number of rotatable bonds is 3. The number of alkyl halides is 2. The van der Waals surface area contributed by atoms with E-state index in [-0.39, 0.29) is 25.3 Å². The molecule has 2 heterocycles. The van der Waals surface area contributed by atoms with Crippen LogP contribution in [0, 0.1) is 5.92 Å². The highest BCUT2D eigenvalue weighted by atomic mass is 19.3. The van der Waals surface area contributed by atoms with Gasteiger partial charge in [0.25, 0.3) is 0 Å². The average Bonchev–Trinajstić information content (AvgIpc) is 2.95. The van der Waals surface area contributed by atoms with Gasteiger partial charge in [-0.25, -0.2) is 8.78 Å². The fourth-order valence-corrected chi connectivity index (χ4v) is 3.01. The Hall–Kier alpha value is -2.51. The molecule has 0 spiro atoms. The largest absolute Gasteiger partial charge is 0.359 e. The van der Waals surface area contributed by atoms with E-state index in [4.69, 9.17) is 0 Å². The molecule has 2 aromatic rings. The molecule has 0 bridgehead atoms. The third-order valence-corrected chi connectivity index (χ3v) is 4.23. The van der Waals surface area contributed by atoms with Gasteiger partial charge in [-0.3, -0.25) is 14.6 Å². The molecule has 1 aliphatic rings. The molecule has 1 fully saturated rings. The molecule has 3 N–H and O–H groups in total. The zero-order chi connectivity index (χ0) is 17.2. The molecule has 0 aromatic carbocycles. The molecule has 0 aliphatic heterocycles. The SMILES string of the molecule is O=C(NCC1CCCC(F)(F)C1)C(=O)Nc1c[nH]c2ccncc12. The van der Waals surface area contributed by atoms with E-state index in [2.05, 4.69) is 20.6 Å². The Bertz CT molecular complexity index is 759. The number of aromatic nitrogens is 2. The molecule has 24 heavy (non-hydrogen) atoms. The first-order chi connectivity index (χ1) is 11.4. The van der Waals surface area contributed by atoms with Gasteiger partial charge in [-0.2, -0.15) is 0 Å². The quantitative estimate of drug-likeness (QED) is 0.753. The van der Waals surface area contributed by atoms with Crippen molar-refractivity contribution in [3.05, 3.63) is 24.7 Å². The molecule has 2 amide bonds. The maximum atomic E-state index is 13.3. The lowest BCUT2D eigenvalue weighted by Crippen LogP contribution is -2.40. The predicted molar refractivity (Wildman–Crippen MR) is 84.6 cm³/mol. The van der Waals surface area contributed by atoms with E-state index in [0.29, 0.717) is 23.9 Å². The van der Waals surface area contributed by atoms with Crippen LogP contribution in [0.15, 0.2) is 24.7 Å². The Balaban J connectivity index is 1.54. The van der Waals surface area contributed by atoms with Gasteiger partial charge in [-0.15, -0.1) is 0 Å². The number of nitrogens with zero attached hydrogens (tertiary/aromatic N) is 1. The summed E-state index contributed by atoms with van der Waals surface area (Å²) in [5.74, 6) is -4.64. The van der Waals surface area contributed by atoms with Crippen LogP contribution in [-0.4, -0.2) is 34.2 Å². The molecule has 3 rings (SSSR count). The minimum Gasteiger partial charge on any atom is -0.359 e. The van der Waals surface area contributed by atoms with Gasteiger partial charge >= 0.3 is 11.8 Å². The highest BCUT2D eigenvalue weighted by Gasteiger charge is 2.36. The van der Waals surface area contributed by atoms with Crippen molar-refractivity contribution in [2.75, 3.05) is 11.9 Å². The minimum absolute atomic E-state index is 0.0806. The molecule has 1 atom stereocenters. The number of hydrogen-bond acceptors (Lipinski definition) is 3. The number of aromatic amines is 1. The van der Waals surface area contributed by atoms with Gasteiger partial charge in [0.2, 0.25) is 5.92 Å². The zero-order valence-electron chi connectivity index (χ0n) is 12.9. The molecule has 1 saturated carbocycles. The van der Waals surface area contributed by atoms with Crippen LogP contribution in [0.2, 0.25) is 0 Å².